The summed E-state index contributed by atoms with van der Waals surface area (Å²) in [6.45, 7) is 2.64. The quantitative estimate of drug-likeness (QED) is 0.795. The molecule has 2 N–H and O–H groups in total. The van der Waals surface area contributed by atoms with Gasteiger partial charge in [-0.3, -0.25) is 9.39 Å². The number of guanidine groups is 1. The Morgan fingerprint density at radius 1 is 1.53 bits per heavy atom. The molecule has 0 aromatic carbocycles. The van der Waals surface area contributed by atoms with Crippen LogP contribution in [0.3, 0.4) is 0 Å². The maximum atomic E-state index is 4.49. The van der Waals surface area contributed by atoms with Crippen molar-refractivity contribution in [2.24, 2.45) is 4.99 Å². The molecule has 0 saturated heterocycles. The number of nitrogens with one attached hydrogen (secondary N) is 2. The Morgan fingerprint density at radius 3 is 3.24 bits per heavy atom. The monoisotopic (exact) mass is 363 g/mol. The fourth-order valence-electron chi connectivity index (χ4n) is 1.69. The molecule has 0 fully saturated rings. The summed E-state index contributed by atoms with van der Waals surface area (Å²) in [5.41, 5.74) is 1.04. The average Bonchev–Trinajstić information content (AvgIpc) is 2.88. The number of fused-ring (bicyclic) bond motifs is 1. The highest BCUT2D eigenvalue weighted by molar-refractivity contribution is 14.0. The molecule has 92 valence electrons. The average molecular weight is 363 g/mol. The summed E-state index contributed by atoms with van der Waals surface area (Å²) in [5.74, 6) is 0.891. The van der Waals surface area contributed by atoms with Crippen LogP contribution in [0.4, 0.5) is 0 Å². The molecule has 2 aromatic heterocycles. The van der Waals surface area contributed by atoms with Gasteiger partial charge in [-0.2, -0.15) is 0 Å². The van der Waals surface area contributed by atoms with E-state index in [0.717, 1.165) is 42.7 Å². The van der Waals surface area contributed by atoms with E-state index >= 15 is 0 Å². The number of rotatable bonds is 2. The summed E-state index contributed by atoms with van der Waals surface area (Å²) in [6, 6.07) is 0. The van der Waals surface area contributed by atoms with Crippen LogP contribution in [0, 0.1) is 0 Å². The summed E-state index contributed by atoms with van der Waals surface area (Å²) >= 11 is 1.65. The Balaban J connectivity index is 0.00000108. The Kier molecular flexibility index (Phi) is 4.21. The summed E-state index contributed by atoms with van der Waals surface area (Å²) in [7, 11) is 0. The molecule has 3 rings (SSSR count). The van der Waals surface area contributed by atoms with E-state index in [2.05, 4.69) is 20.6 Å². The first-order valence-corrected chi connectivity index (χ1v) is 6.23. The second-order valence-corrected chi connectivity index (χ2v) is 4.56. The fourth-order valence-corrected chi connectivity index (χ4v) is 2.41. The predicted molar refractivity (Wildman–Crippen MR) is 80.2 cm³/mol. The molecule has 0 unspecified atom stereocenters. The van der Waals surface area contributed by atoms with E-state index in [-0.39, 0.29) is 24.0 Å². The van der Waals surface area contributed by atoms with E-state index in [1.54, 1.807) is 11.3 Å². The van der Waals surface area contributed by atoms with Crippen LogP contribution in [0.2, 0.25) is 0 Å². The van der Waals surface area contributed by atoms with E-state index in [4.69, 9.17) is 0 Å². The second-order valence-electron chi connectivity index (χ2n) is 3.69. The van der Waals surface area contributed by atoms with Gasteiger partial charge in [-0.15, -0.1) is 35.3 Å². The largest absolute Gasteiger partial charge is 0.356 e. The summed E-state index contributed by atoms with van der Waals surface area (Å²) < 4.78 is 2.04. The van der Waals surface area contributed by atoms with Gasteiger partial charge in [0, 0.05) is 30.9 Å². The van der Waals surface area contributed by atoms with Crippen molar-refractivity contribution in [3.05, 3.63) is 23.5 Å². The molecule has 1 aliphatic heterocycles. The van der Waals surface area contributed by atoms with E-state index in [1.807, 2.05) is 22.2 Å². The van der Waals surface area contributed by atoms with Gasteiger partial charge in [0.25, 0.3) is 0 Å². The van der Waals surface area contributed by atoms with Crippen molar-refractivity contribution in [2.45, 2.75) is 13.0 Å². The third-order valence-corrected chi connectivity index (χ3v) is 3.25. The van der Waals surface area contributed by atoms with Gasteiger partial charge in [0.05, 0.1) is 12.2 Å². The molecule has 0 amide bonds. The van der Waals surface area contributed by atoms with Gasteiger partial charge in [-0.25, -0.2) is 4.98 Å². The number of thiazole rings is 1. The van der Waals surface area contributed by atoms with Gasteiger partial charge in [-0.1, -0.05) is 0 Å². The van der Waals surface area contributed by atoms with Crippen molar-refractivity contribution in [1.29, 1.82) is 0 Å². The zero-order valence-corrected chi connectivity index (χ0v) is 12.4. The number of imidazole rings is 1. The van der Waals surface area contributed by atoms with Crippen LogP contribution in [0.15, 0.2) is 22.8 Å². The molecule has 1 aliphatic rings. The van der Waals surface area contributed by atoms with Gasteiger partial charge >= 0.3 is 0 Å². The van der Waals surface area contributed by atoms with Crippen LogP contribution in [-0.4, -0.2) is 28.4 Å². The number of hydrogen-bond acceptors (Lipinski definition) is 5. The zero-order chi connectivity index (χ0) is 10.8. The minimum absolute atomic E-state index is 0. The van der Waals surface area contributed by atoms with Crippen molar-refractivity contribution in [3.63, 3.8) is 0 Å². The van der Waals surface area contributed by atoms with Crippen LogP contribution in [0.25, 0.3) is 4.96 Å². The number of hydrogen-bond donors (Lipinski definition) is 2. The molecule has 0 atom stereocenters. The van der Waals surface area contributed by atoms with Crippen LogP contribution < -0.4 is 10.6 Å². The lowest BCUT2D eigenvalue weighted by Crippen LogP contribution is -2.40. The highest BCUT2D eigenvalue weighted by Gasteiger charge is 2.05. The molecular formula is C10H14IN5S. The van der Waals surface area contributed by atoms with Crippen molar-refractivity contribution in [3.8, 4) is 0 Å². The van der Waals surface area contributed by atoms with E-state index in [0.29, 0.717) is 0 Å². The molecule has 0 spiro atoms. The van der Waals surface area contributed by atoms with Gasteiger partial charge in [-0.05, 0) is 6.42 Å². The lowest BCUT2D eigenvalue weighted by atomic mass is 10.4. The summed E-state index contributed by atoms with van der Waals surface area (Å²) in [4.78, 5) is 9.88. The zero-order valence-electron chi connectivity index (χ0n) is 9.22. The molecule has 3 heterocycles. The highest BCUT2D eigenvalue weighted by Crippen LogP contribution is 2.10. The lowest BCUT2D eigenvalue weighted by Gasteiger charge is -2.15. The summed E-state index contributed by atoms with van der Waals surface area (Å²) in [5, 5.41) is 8.51. The van der Waals surface area contributed by atoms with Gasteiger partial charge in [0.2, 0.25) is 0 Å². The van der Waals surface area contributed by atoms with Gasteiger partial charge < -0.3 is 10.6 Å². The molecule has 0 aliphatic carbocycles. The maximum Gasteiger partial charge on any atom is 0.193 e. The molecular weight excluding hydrogens is 349 g/mol. The standard InChI is InChI=1S/C10H13N5S.HI/c1-2-11-9(12-3-1)13-6-8-7-15-4-5-16-10(15)14-8;/h4-5,7H,1-3,6H2,(H2,11,12,13);1H. The van der Waals surface area contributed by atoms with Crippen LogP contribution >= 0.6 is 35.3 Å². The van der Waals surface area contributed by atoms with Crippen molar-refractivity contribution in [2.75, 3.05) is 13.1 Å². The first kappa shape index (κ1) is 12.6. The highest BCUT2D eigenvalue weighted by atomic mass is 127. The number of aromatic nitrogens is 2. The van der Waals surface area contributed by atoms with Gasteiger partial charge in [0.1, 0.15) is 0 Å². The maximum absolute atomic E-state index is 4.49. The predicted octanol–water partition coefficient (Wildman–Crippen LogP) is 1.45. The van der Waals surface area contributed by atoms with E-state index in [1.165, 1.54) is 0 Å². The topological polar surface area (TPSA) is 53.7 Å². The molecule has 5 nitrogen and oxygen atoms in total. The number of nitrogens with zero attached hydrogens (tertiary/aromatic N) is 3. The van der Waals surface area contributed by atoms with E-state index in [9.17, 15) is 0 Å². The molecule has 17 heavy (non-hydrogen) atoms. The lowest BCUT2D eigenvalue weighted by molar-refractivity contribution is 0.699. The van der Waals surface area contributed by atoms with Gasteiger partial charge in [0.15, 0.2) is 10.9 Å². The first-order chi connectivity index (χ1) is 7.92. The Morgan fingerprint density at radius 2 is 2.47 bits per heavy atom. The second kappa shape index (κ2) is 5.67. The van der Waals surface area contributed by atoms with E-state index < -0.39 is 0 Å². The minimum Gasteiger partial charge on any atom is -0.356 e. The third kappa shape index (κ3) is 2.89. The Hall–Kier alpha value is -0.830. The molecule has 2 aromatic rings. The molecule has 0 saturated carbocycles. The van der Waals surface area contributed by atoms with Crippen molar-refractivity contribution in [1.82, 2.24) is 20.0 Å². The van der Waals surface area contributed by atoms with Crippen molar-refractivity contribution >= 4 is 46.2 Å². The Bertz CT molecular complexity index is 489. The SMILES string of the molecule is I.c1cn2cc(CNC3=NCCCN3)nc2s1. The smallest absolute Gasteiger partial charge is 0.193 e. The first-order valence-electron chi connectivity index (χ1n) is 5.35. The third-order valence-electron chi connectivity index (χ3n) is 2.48. The van der Waals surface area contributed by atoms with Crippen molar-refractivity contribution < 1.29 is 0 Å². The minimum atomic E-state index is 0. The normalized spacial score (nSPS) is 14.9. The number of halogens is 1. The Labute approximate surface area is 120 Å². The molecule has 7 heteroatoms. The molecule has 0 radical (unpaired) electrons. The number of aliphatic imine (C=N–C) groups is 1. The summed E-state index contributed by atoms with van der Waals surface area (Å²) in [6.07, 6.45) is 5.18. The van der Waals surface area contributed by atoms with Crippen LogP contribution in [-0.2, 0) is 6.54 Å². The fraction of sp³-hybridized carbons (Fsp3) is 0.400. The van der Waals surface area contributed by atoms with Crippen LogP contribution in [0.5, 0.6) is 0 Å². The van der Waals surface area contributed by atoms with Crippen LogP contribution in [0.1, 0.15) is 12.1 Å². The molecule has 0 bridgehead atoms.